The van der Waals surface area contributed by atoms with Crippen molar-refractivity contribution in [1.29, 1.82) is 0 Å². The van der Waals surface area contributed by atoms with E-state index in [4.69, 9.17) is 9.15 Å². The predicted octanol–water partition coefficient (Wildman–Crippen LogP) is 4.07. The Labute approximate surface area is 179 Å². The second-order valence-electron chi connectivity index (χ2n) is 6.26. The van der Waals surface area contributed by atoms with Crippen LogP contribution in [0.25, 0.3) is 11.5 Å². The maximum Gasteiger partial charge on any atom is 0.358 e. The van der Waals surface area contributed by atoms with E-state index in [0.29, 0.717) is 17.2 Å². The third-order valence-electron chi connectivity index (χ3n) is 4.12. The van der Waals surface area contributed by atoms with Gasteiger partial charge in [0, 0.05) is 29.6 Å². The SMILES string of the molecule is O=C(OCc1nnc(-c2ccc([N+](=O)[O-])cc2)o1)c1csc(NCc2ccccc2)n1. The number of benzene rings is 2. The fourth-order valence-electron chi connectivity index (χ4n) is 2.58. The van der Waals surface area contributed by atoms with Crippen molar-refractivity contribution in [2.75, 3.05) is 5.32 Å². The third kappa shape index (κ3) is 5.08. The topological polar surface area (TPSA) is 133 Å². The first kappa shape index (κ1) is 20.2. The van der Waals surface area contributed by atoms with Gasteiger partial charge in [-0.1, -0.05) is 30.3 Å². The highest BCUT2D eigenvalue weighted by atomic mass is 32.1. The molecule has 4 rings (SSSR count). The summed E-state index contributed by atoms with van der Waals surface area (Å²) in [5.41, 5.74) is 1.75. The van der Waals surface area contributed by atoms with E-state index in [2.05, 4.69) is 20.5 Å². The van der Waals surface area contributed by atoms with Crippen LogP contribution < -0.4 is 5.32 Å². The fourth-order valence-corrected chi connectivity index (χ4v) is 3.26. The minimum Gasteiger partial charge on any atom is -0.451 e. The van der Waals surface area contributed by atoms with Gasteiger partial charge in [-0.15, -0.1) is 21.5 Å². The van der Waals surface area contributed by atoms with Crippen LogP contribution in [-0.4, -0.2) is 26.1 Å². The van der Waals surface area contributed by atoms with E-state index in [-0.39, 0.29) is 29.8 Å². The maximum atomic E-state index is 12.2. The number of non-ortho nitro benzene ring substituents is 1. The molecule has 31 heavy (non-hydrogen) atoms. The summed E-state index contributed by atoms with van der Waals surface area (Å²) >= 11 is 1.30. The van der Waals surface area contributed by atoms with Crippen LogP contribution >= 0.6 is 11.3 Å². The second-order valence-corrected chi connectivity index (χ2v) is 7.12. The zero-order valence-corrected chi connectivity index (χ0v) is 16.7. The van der Waals surface area contributed by atoms with Gasteiger partial charge in [0.05, 0.1) is 4.92 Å². The molecule has 0 bridgehead atoms. The maximum absolute atomic E-state index is 12.2. The van der Waals surface area contributed by atoms with E-state index in [1.54, 1.807) is 5.38 Å². The van der Waals surface area contributed by atoms with Crippen LogP contribution in [0, 0.1) is 10.1 Å². The van der Waals surface area contributed by atoms with Crippen molar-refractivity contribution in [3.05, 3.63) is 87.2 Å². The van der Waals surface area contributed by atoms with Crippen LogP contribution in [0.2, 0.25) is 0 Å². The first-order valence-corrected chi connectivity index (χ1v) is 9.94. The molecule has 156 valence electrons. The molecule has 0 aliphatic rings. The highest BCUT2D eigenvalue weighted by molar-refractivity contribution is 7.13. The van der Waals surface area contributed by atoms with Gasteiger partial charge in [0.25, 0.3) is 11.6 Å². The molecule has 0 fully saturated rings. The van der Waals surface area contributed by atoms with Crippen molar-refractivity contribution in [3.8, 4) is 11.5 Å². The number of nitro groups is 1. The smallest absolute Gasteiger partial charge is 0.358 e. The Morgan fingerprint density at radius 1 is 1.13 bits per heavy atom. The molecule has 0 aliphatic carbocycles. The summed E-state index contributed by atoms with van der Waals surface area (Å²) in [5.74, 6) is -0.347. The van der Waals surface area contributed by atoms with Crippen LogP contribution in [0.15, 0.2) is 64.4 Å². The van der Waals surface area contributed by atoms with Gasteiger partial charge in [0.2, 0.25) is 5.89 Å². The summed E-state index contributed by atoms with van der Waals surface area (Å²) < 4.78 is 10.6. The number of anilines is 1. The Kier molecular flexibility index (Phi) is 5.94. The third-order valence-corrected chi connectivity index (χ3v) is 4.92. The summed E-state index contributed by atoms with van der Waals surface area (Å²) in [6.45, 7) is 0.374. The zero-order valence-electron chi connectivity index (χ0n) is 15.9. The number of hydrogen-bond donors (Lipinski definition) is 1. The van der Waals surface area contributed by atoms with Crippen molar-refractivity contribution in [1.82, 2.24) is 15.2 Å². The van der Waals surface area contributed by atoms with Crippen LogP contribution in [0.3, 0.4) is 0 Å². The van der Waals surface area contributed by atoms with E-state index < -0.39 is 10.9 Å². The molecule has 0 saturated carbocycles. The number of aromatic nitrogens is 3. The lowest BCUT2D eigenvalue weighted by Gasteiger charge is -2.02. The summed E-state index contributed by atoms with van der Waals surface area (Å²) in [6.07, 6.45) is 0. The molecule has 0 amide bonds. The molecule has 0 unspecified atom stereocenters. The Balaban J connectivity index is 1.31. The molecule has 4 aromatic rings. The molecular formula is C20H15N5O5S. The van der Waals surface area contributed by atoms with Crippen LogP contribution in [-0.2, 0) is 17.9 Å². The quantitative estimate of drug-likeness (QED) is 0.246. The lowest BCUT2D eigenvalue weighted by atomic mass is 10.2. The number of thiazole rings is 1. The van der Waals surface area contributed by atoms with Crippen molar-refractivity contribution in [3.63, 3.8) is 0 Å². The van der Waals surface area contributed by atoms with E-state index >= 15 is 0 Å². The number of carbonyl (C=O) groups is 1. The number of esters is 1. The first-order valence-electron chi connectivity index (χ1n) is 9.06. The van der Waals surface area contributed by atoms with Crippen molar-refractivity contribution < 1.29 is 18.9 Å². The summed E-state index contributed by atoms with van der Waals surface area (Å²) in [6, 6.07) is 15.5. The highest BCUT2D eigenvalue weighted by Crippen LogP contribution is 2.22. The molecule has 1 N–H and O–H groups in total. The minimum absolute atomic E-state index is 0.0432. The molecule has 0 saturated heterocycles. The van der Waals surface area contributed by atoms with Crippen LogP contribution in [0.4, 0.5) is 10.8 Å². The number of rotatable bonds is 8. The monoisotopic (exact) mass is 437 g/mol. The molecule has 2 aromatic heterocycles. The average Bonchev–Trinajstić information content (AvgIpc) is 3.47. The van der Waals surface area contributed by atoms with Crippen LogP contribution in [0.1, 0.15) is 21.9 Å². The molecule has 2 aromatic carbocycles. The van der Waals surface area contributed by atoms with Gasteiger partial charge in [0.15, 0.2) is 17.4 Å². The molecular weight excluding hydrogens is 422 g/mol. The number of nitrogens with one attached hydrogen (secondary N) is 1. The van der Waals surface area contributed by atoms with Gasteiger partial charge in [-0.05, 0) is 17.7 Å². The largest absolute Gasteiger partial charge is 0.451 e. The average molecular weight is 437 g/mol. The Morgan fingerprint density at radius 2 is 1.90 bits per heavy atom. The van der Waals surface area contributed by atoms with Gasteiger partial charge < -0.3 is 14.5 Å². The summed E-state index contributed by atoms with van der Waals surface area (Å²) in [4.78, 5) is 26.7. The van der Waals surface area contributed by atoms with Crippen LogP contribution in [0.5, 0.6) is 0 Å². The molecule has 0 spiro atoms. The zero-order chi connectivity index (χ0) is 21.6. The summed E-state index contributed by atoms with van der Waals surface area (Å²) in [5, 5.41) is 23.8. The van der Waals surface area contributed by atoms with Gasteiger partial charge in [-0.3, -0.25) is 10.1 Å². The normalized spacial score (nSPS) is 10.6. The molecule has 0 radical (unpaired) electrons. The Hall–Kier alpha value is -4.12. The molecule has 0 aliphatic heterocycles. The number of ether oxygens (including phenoxy) is 1. The Bertz CT molecular complexity index is 1190. The van der Waals surface area contributed by atoms with Crippen molar-refractivity contribution >= 4 is 28.1 Å². The van der Waals surface area contributed by atoms with E-state index in [9.17, 15) is 14.9 Å². The summed E-state index contributed by atoms with van der Waals surface area (Å²) in [7, 11) is 0. The first-order chi connectivity index (χ1) is 15.1. The van der Waals surface area contributed by atoms with E-state index in [0.717, 1.165) is 5.56 Å². The molecule has 0 atom stereocenters. The number of nitro benzene ring substituents is 1. The van der Waals surface area contributed by atoms with E-state index in [1.165, 1.54) is 35.6 Å². The molecule has 10 nitrogen and oxygen atoms in total. The second kappa shape index (κ2) is 9.13. The van der Waals surface area contributed by atoms with Crippen molar-refractivity contribution in [2.24, 2.45) is 0 Å². The Morgan fingerprint density at radius 3 is 2.65 bits per heavy atom. The van der Waals surface area contributed by atoms with Gasteiger partial charge >= 0.3 is 5.97 Å². The lowest BCUT2D eigenvalue weighted by Crippen LogP contribution is -2.06. The van der Waals surface area contributed by atoms with E-state index in [1.807, 2.05) is 30.3 Å². The number of hydrogen-bond acceptors (Lipinski definition) is 10. The van der Waals surface area contributed by atoms with Gasteiger partial charge in [-0.2, -0.15) is 0 Å². The predicted molar refractivity (Wildman–Crippen MR) is 111 cm³/mol. The number of nitrogens with zero attached hydrogens (tertiary/aromatic N) is 4. The number of carbonyl (C=O) groups excluding carboxylic acids is 1. The fraction of sp³-hybridized carbons (Fsp3) is 0.100. The minimum atomic E-state index is -0.612. The van der Waals surface area contributed by atoms with Gasteiger partial charge in [0.1, 0.15) is 0 Å². The highest BCUT2D eigenvalue weighted by Gasteiger charge is 2.16. The lowest BCUT2D eigenvalue weighted by molar-refractivity contribution is -0.384. The molecule has 2 heterocycles. The van der Waals surface area contributed by atoms with Crippen molar-refractivity contribution in [2.45, 2.75) is 13.2 Å². The van der Waals surface area contributed by atoms with Gasteiger partial charge in [-0.25, -0.2) is 9.78 Å². The molecule has 11 heteroatoms. The standard InChI is InChI=1S/C20H15N5O5S/c26-19(16-12-31-20(22-16)21-10-13-4-2-1-3-5-13)29-11-17-23-24-18(30-17)14-6-8-15(9-7-14)25(27)28/h1-9,12H,10-11H2,(H,21,22).